The van der Waals surface area contributed by atoms with Gasteiger partial charge in [0.05, 0.1) is 4.92 Å². The molecule has 6 heteroatoms. The zero-order chi connectivity index (χ0) is 18.5. The number of piperidine rings is 1. The lowest BCUT2D eigenvalue weighted by atomic mass is 10.1. The van der Waals surface area contributed by atoms with Gasteiger partial charge < -0.3 is 9.80 Å². The first kappa shape index (κ1) is 17.9. The van der Waals surface area contributed by atoms with Gasteiger partial charge in [0, 0.05) is 50.1 Å². The van der Waals surface area contributed by atoms with Crippen LogP contribution in [-0.4, -0.2) is 35.9 Å². The van der Waals surface area contributed by atoms with Crippen LogP contribution in [-0.2, 0) is 6.54 Å². The molecule has 1 aliphatic rings. The summed E-state index contributed by atoms with van der Waals surface area (Å²) in [5, 5.41) is 10.9. The number of nitro benzene ring substituents is 1. The molecule has 26 heavy (non-hydrogen) atoms. The smallest absolute Gasteiger partial charge is 0.270 e. The van der Waals surface area contributed by atoms with Gasteiger partial charge in [-0.1, -0.05) is 24.3 Å². The molecule has 0 bridgehead atoms. The normalized spacial score (nSPS) is 14.1. The van der Waals surface area contributed by atoms with Crippen LogP contribution in [0.1, 0.15) is 35.2 Å². The highest BCUT2D eigenvalue weighted by Gasteiger charge is 2.19. The first-order valence-electron chi connectivity index (χ1n) is 8.89. The molecule has 0 aliphatic carbocycles. The third-order valence-electron chi connectivity index (χ3n) is 4.75. The van der Waals surface area contributed by atoms with Gasteiger partial charge in [0.25, 0.3) is 11.6 Å². The zero-order valence-electron chi connectivity index (χ0n) is 14.9. The SMILES string of the molecule is CN(Cc1ccccc1N1CCCCC1)C(=O)c1cccc([N+](=O)[O-])c1. The number of carbonyl (C=O) groups excluding carboxylic acids is 1. The molecule has 1 saturated heterocycles. The minimum absolute atomic E-state index is 0.0713. The standard InChI is InChI=1S/C20H23N3O3/c1-21(20(24)16-9-7-10-18(14-16)23(25)26)15-17-8-3-4-11-19(17)22-12-5-2-6-13-22/h3-4,7-11,14H,2,5-6,12-13,15H2,1H3. The molecule has 0 unspecified atom stereocenters. The van der Waals surface area contributed by atoms with Crippen LogP contribution in [0.4, 0.5) is 11.4 Å². The van der Waals surface area contributed by atoms with E-state index in [-0.39, 0.29) is 11.6 Å². The summed E-state index contributed by atoms with van der Waals surface area (Å²) in [7, 11) is 1.73. The van der Waals surface area contributed by atoms with Crippen LogP contribution in [0.3, 0.4) is 0 Å². The number of rotatable bonds is 5. The predicted octanol–water partition coefficient (Wildman–Crippen LogP) is 3.86. The molecule has 1 heterocycles. The van der Waals surface area contributed by atoms with E-state index in [1.165, 1.54) is 37.1 Å². The van der Waals surface area contributed by atoms with Gasteiger partial charge in [0.2, 0.25) is 0 Å². The molecule has 6 nitrogen and oxygen atoms in total. The highest BCUT2D eigenvalue weighted by Crippen LogP contribution is 2.25. The van der Waals surface area contributed by atoms with Crippen molar-refractivity contribution in [2.75, 3.05) is 25.0 Å². The fourth-order valence-electron chi connectivity index (χ4n) is 3.39. The molecule has 0 aromatic heterocycles. The average molecular weight is 353 g/mol. The van der Waals surface area contributed by atoms with Crippen molar-refractivity contribution in [2.45, 2.75) is 25.8 Å². The lowest BCUT2D eigenvalue weighted by molar-refractivity contribution is -0.384. The second-order valence-electron chi connectivity index (χ2n) is 6.65. The molecule has 0 saturated carbocycles. The van der Waals surface area contributed by atoms with E-state index in [0.717, 1.165) is 18.7 Å². The average Bonchev–Trinajstić information content (AvgIpc) is 2.68. The van der Waals surface area contributed by atoms with E-state index in [1.54, 1.807) is 24.1 Å². The Morgan fingerprint density at radius 2 is 1.85 bits per heavy atom. The largest absolute Gasteiger partial charge is 0.371 e. The van der Waals surface area contributed by atoms with Crippen molar-refractivity contribution in [3.05, 3.63) is 69.8 Å². The van der Waals surface area contributed by atoms with Crippen molar-refractivity contribution in [1.82, 2.24) is 4.90 Å². The summed E-state index contributed by atoms with van der Waals surface area (Å²) >= 11 is 0. The molecular weight excluding hydrogens is 330 g/mol. The quantitative estimate of drug-likeness (QED) is 0.605. The van der Waals surface area contributed by atoms with E-state index in [9.17, 15) is 14.9 Å². The molecule has 1 amide bonds. The van der Waals surface area contributed by atoms with Gasteiger partial charge in [0.15, 0.2) is 0 Å². The zero-order valence-corrected chi connectivity index (χ0v) is 14.9. The Bertz CT molecular complexity index is 800. The van der Waals surface area contributed by atoms with Gasteiger partial charge in [-0.2, -0.15) is 0 Å². The summed E-state index contributed by atoms with van der Waals surface area (Å²) in [5.74, 6) is -0.220. The Morgan fingerprint density at radius 3 is 2.58 bits per heavy atom. The van der Waals surface area contributed by atoms with Gasteiger partial charge >= 0.3 is 0 Å². The van der Waals surface area contributed by atoms with E-state index in [1.807, 2.05) is 18.2 Å². The summed E-state index contributed by atoms with van der Waals surface area (Å²) in [6, 6.07) is 14.0. The monoisotopic (exact) mass is 353 g/mol. The number of para-hydroxylation sites is 1. The lowest BCUT2D eigenvalue weighted by Gasteiger charge is -2.31. The molecule has 0 radical (unpaired) electrons. The summed E-state index contributed by atoms with van der Waals surface area (Å²) < 4.78 is 0. The van der Waals surface area contributed by atoms with Crippen molar-refractivity contribution in [1.29, 1.82) is 0 Å². The Labute approximate surface area is 153 Å². The maximum Gasteiger partial charge on any atom is 0.270 e. The molecular formula is C20H23N3O3. The third-order valence-corrected chi connectivity index (χ3v) is 4.75. The van der Waals surface area contributed by atoms with Crippen LogP contribution in [0.15, 0.2) is 48.5 Å². The summed E-state index contributed by atoms with van der Waals surface area (Å²) in [6.45, 7) is 2.55. The Morgan fingerprint density at radius 1 is 1.12 bits per heavy atom. The van der Waals surface area contributed by atoms with E-state index in [2.05, 4.69) is 11.0 Å². The van der Waals surface area contributed by atoms with Crippen LogP contribution in [0.5, 0.6) is 0 Å². The van der Waals surface area contributed by atoms with Gasteiger partial charge in [-0.05, 0) is 37.0 Å². The summed E-state index contributed by atoms with van der Waals surface area (Å²) in [5.41, 5.74) is 2.52. The van der Waals surface area contributed by atoms with Crippen LogP contribution >= 0.6 is 0 Å². The molecule has 2 aromatic rings. The minimum atomic E-state index is -0.484. The van der Waals surface area contributed by atoms with Crippen molar-refractivity contribution < 1.29 is 9.72 Å². The molecule has 0 atom stereocenters. The molecule has 136 valence electrons. The molecule has 0 N–H and O–H groups in total. The summed E-state index contributed by atoms with van der Waals surface area (Å²) in [6.07, 6.45) is 3.65. The van der Waals surface area contributed by atoms with E-state index < -0.39 is 4.92 Å². The van der Waals surface area contributed by atoms with Gasteiger partial charge in [-0.25, -0.2) is 0 Å². The number of benzene rings is 2. The second-order valence-corrected chi connectivity index (χ2v) is 6.65. The highest BCUT2D eigenvalue weighted by molar-refractivity contribution is 5.94. The molecule has 1 aliphatic heterocycles. The highest BCUT2D eigenvalue weighted by atomic mass is 16.6. The fourth-order valence-corrected chi connectivity index (χ4v) is 3.39. The van der Waals surface area contributed by atoms with Crippen LogP contribution in [0.25, 0.3) is 0 Å². The van der Waals surface area contributed by atoms with Crippen LogP contribution in [0.2, 0.25) is 0 Å². The first-order chi connectivity index (χ1) is 12.6. The van der Waals surface area contributed by atoms with E-state index in [4.69, 9.17) is 0 Å². The maximum absolute atomic E-state index is 12.7. The van der Waals surface area contributed by atoms with Crippen molar-refractivity contribution in [2.24, 2.45) is 0 Å². The van der Waals surface area contributed by atoms with Gasteiger partial charge in [-0.3, -0.25) is 14.9 Å². The molecule has 3 rings (SSSR count). The second kappa shape index (κ2) is 7.99. The van der Waals surface area contributed by atoms with Crippen LogP contribution in [0, 0.1) is 10.1 Å². The summed E-state index contributed by atoms with van der Waals surface area (Å²) in [4.78, 5) is 27.1. The van der Waals surface area contributed by atoms with Crippen LogP contribution < -0.4 is 4.90 Å². The number of amides is 1. The predicted molar refractivity (Wildman–Crippen MR) is 101 cm³/mol. The maximum atomic E-state index is 12.7. The Kier molecular flexibility index (Phi) is 5.51. The number of carbonyl (C=O) groups is 1. The Balaban J connectivity index is 1.77. The molecule has 1 fully saturated rings. The number of anilines is 1. The number of nitro groups is 1. The number of hydrogen-bond donors (Lipinski definition) is 0. The van der Waals surface area contributed by atoms with E-state index >= 15 is 0 Å². The fraction of sp³-hybridized carbons (Fsp3) is 0.350. The number of hydrogen-bond acceptors (Lipinski definition) is 4. The van der Waals surface area contributed by atoms with Crippen molar-refractivity contribution in [3.8, 4) is 0 Å². The first-order valence-corrected chi connectivity index (χ1v) is 8.89. The van der Waals surface area contributed by atoms with Crippen molar-refractivity contribution in [3.63, 3.8) is 0 Å². The Hall–Kier alpha value is -2.89. The van der Waals surface area contributed by atoms with E-state index in [0.29, 0.717) is 12.1 Å². The van der Waals surface area contributed by atoms with Crippen molar-refractivity contribution >= 4 is 17.3 Å². The van der Waals surface area contributed by atoms with Gasteiger partial charge in [0.1, 0.15) is 0 Å². The number of nitrogens with zero attached hydrogens (tertiary/aromatic N) is 3. The molecule has 2 aromatic carbocycles. The van der Waals surface area contributed by atoms with Gasteiger partial charge in [-0.15, -0.1) is 0 Å². The minimum Gasteiger partial charge on any atom is -0.371 e. The number of non-ortho nitro benzene ring substituents is 1. The molecule has 0 spiro atoms. The third kappa shape index (κ3) is 4.02. The topological polar surface area (TPSA) is 66.7 Å². The lowest BCUT2D eigenvalue weighted by Crippen LogP contribution is -2.32.